The third-order valence-corrected chi connectivity index (χ3v) is 5.30. The van der Waals surface area contributed by atoms with Gasteiger partial charge >= 0.3 is 0 Å². The molecule has 3 aromatic rings. The fourth-order valence-corrected chi connectivity index (χ4v) is 3.71. The summed E-state index contributed by atoms with van der Waals surface area (Å²) in [5, 5.41) is 4.04. The van der Waals surface area contributed by atoms with Crippen LogP contribution in [0.25, 0.3) is 0 Å². The van der Waals surface area contributed by atoms with Crippen molar-refractivity contribution in [2.24, 2.45) is 5.10 Å². The molecule has 0 saturated heterocycles. The van der Waals surface area contributed by atoms with E-state index in [9.17, 15) is 4.79 Å². The topological polar surface area (TPSA) is 50.7 Å². The van der Waals surface area contributed by atoms with E-state index in [1.165, 1.54) is 11.1 Å². The standard InChI is InChI=1S/C25H26N2O2S/c1-19(2)29-24-14-10-20(11-15-24)16-26-27-25(28)23-12-8-22(9-13-23)18-30-17-21-6-4-3-5-7-21/h3-16,19H,17-18H2,1-2H3,(H,27,28)/b26-16-. The summed E-state index contributed by atoms with van der Waals surface area (Å²) in [4.78, 5) is 12.3. The van der Waals surface area contributed by atoms with Gasteiger partial charge in [0, 0.05) is 17.1 Å². The Bertz CT molecular complexity index is 953. The van der Waals surface area contributed by atoms with E-state index in [0.29, 0.717) is 5.56 Å². The van der Waals surface area contributed by atoms with Crippen LogP contribution in [0.5, 0.6) is 5.75 Å². The predicted octanol–water partition coefficient (Wildman–Crippen LogP) is 5.67. The number of ether oxygens (including phenoxy) is 1. The molecule has 0 aromatic heterocycles. The van der Waals surface area contributed by atoms with Crippen molar-refractivity contribution in [1.29, 1.82) is 0 Å². The Morgan fingerprint density at radius 1 is 0.933 bits per heavy atom. The van der Waals surface area contributed by atoms with Gasteiger partial charge in [0.15, 0.2) is 0 Å². The lowest BCUT2D eigenvalue weighted by molar-refractivity contribution is 0.0955. The van der Waals surface area contributed by atoms with Crippen LogP contribution in [0.2, 0.25) is 0 Å². The van der Waals surface area contributed by atoms with Crippen LogP contribution in [0.1, 0.15) is 40.9 Å². The number of thioether (sulfide) groups is 1. The Kier molecular flexibility index (Phi) is 8.10. The quantitative estimate of drug-likeness (QED) is 0.360. The summed E-state index contributed by atoms with van der Waals surface area (Å²) >= 11 is 1.86. The number of hydrazone groups is 1. The van der Waals surface area contributed by atoms with Gasteiger partial charge in [-0.1, -0.05) is 42.5 Å². The molecule has 0 heterocycles. The Hall–Kier alpha value is -3.05. The second kappa shape index (κ2) is 11.2. The van der Waals surface area contributed by atoms with Gasteiger partial charge < -0.3 is 4.74 Å². The van der Waals surface area contributed by atoms with Crippen LogP contribution in [-0.4, -0.2) is 18.2 Å². The number of nitrogens with one attached hydrogen (secondary N) is 1. The van der Waals surface area contributed by atoms with Crippen molar-refractivity contribution in [2.45, 2.75) is 31.5 Å². The number of benzene rings is 3. The number of amides is 1. The van der Waals surface area contributed by atoms with Gasteiger partial charge in [0.1, 0.15) is 5.75 Å². The van der Waals surface area contributed by atoms with E-state index in [1.54, 1.807) is 6.21 Å². The Labute approximate surface area is 182 Å². The van der Waals surface area contributed by atoms with Crippen molar-refractivity contribution < 1.29 is 9.53 Å². The van der Waals surface area contributed by atoms with Gasteiger partial charge in [-0.15, -0.1) is 0 Å². The minimum Gasteiger partial charge on any atom is -0.491 e. The van der Waals surface area contributed by atoms with Gasteiger partial charge in [-0.2, -0.15) is 16.9 Å². The average molecular weight is 419 g/mol. The molecule has 0 saturated carbocycles. The third kappa shape index (κ3) is 7.08. The molecule has 0 bridgehead atoms. The predicted molar refractivity (Wildman–Crippen MR) is 125 cm³/mol. The maximum Gasteiger partial charge on any atom is 0.271 e. The van der Waals surface area contributed by atoms with Gasteiger partial charge in [-0.25, -0.2) is 5.43 Å². The highest BCUT2D eigenvalue weighted by atomic mass is 32.2. The van der Waals surface area contributed by atoms with E-state index in [-0.39, 0.29) is 12.0 Å². The zero-order chi connectivity index (χ0) is 21.2. The molecule has 0 fully saturated rings. The molecular weight excluding hydrogens is 392 g/mol. The number of nitrogens with zero attached hydrogens (tertiary/aromatic N) is 1. The Balaban J connectivity index is 1.45. The van der Waals surface area contributed by atoms with Crippen molar-refractivity contribution >= 4 is 23.9 Å². The summed E-state index contributed by atoms with van der Waals surface area (Å²) in [6, 6.07) is 25.6. The lowest BCUT2D eigenvalue weighted by Crippen LogP contribution is -2.17. The molecule has 154 valence electrons. The minimum absolute atomic E-state index is 0.137. The van der Waals surface area contributed by atoms with Crippen molar-refractivity contribution in [3.63, 3.8) is 0 Å². The van der Waals surface area contributed by atoms with Crippen LogP contribution in [-0.2, 0) is 11.5 Å². The van der Waals surface area contributed by atoms with Crippen LogP contribution in [0.3, 0.4) is 0 Å². The molecule has 3 rings (SSSR count). The number of carbonyl (C=O) groups excluding carboxylic acids is 1. The van der Waals surface area contributed by atoms with Crippen molar-refractivity contribution in [2.75, 3.05) is 0 Å². The molecule has 0 aliphatic carbocycles. The second-order valence-corrected chi connectivity index (χ2v) is 8.10. The normalized spacial score (nSPS) is 11.0. The summed E-state index contributed by atoms with van der Waals surface area (Å²) in [6.45, 7) is 3.97. The Morgan fingerprint density at radius 2 is 1.57 bits per heavy atom. The van der Waals surface area contributed by atoms with Crippen LogP contribution >= 0.6 is 11.8 Å². The molecule has 3 aromatic carbocycles. The SMILES string of the molecule is CC(C)Oc1ccc(/C=N\NC(=O)c2ccc(CSCc3ccccc3)cc2)cc1. The first-order valence-electron chi connectivity index (χ1n) is 9.91. The number of hydrogen-bond donors (Lipinski definition) is 1. The first-order valence-corrected chi connectivity index (χ1v) is 11.1. The van der Waals surface area contributed by atoms with Gasteiger partial charge in [0.25, 0.3) is 5.91 Å². The van der Waals surface area contributed by atoms with Crippen LogP contribution in [0.15, 0.2) is 84.0 Å². The molecule has 0 aliphatic heterocycles. The maximum absolute atomic E-state index is 12.3. The molecule has 5 heteroatoms. The molecule has 1 amide bonds. The fraction of sp³-hybridized carbons (Fsp3) is 0.200. The van der Waals surface area contributed by atoms with Crippen molar-refractivity contribution in [1.82, 2.24) is 5.43 Å². The smallest absolute Gasteiger partial charge is 0.271 e. The first kappa shape index (κ1) is 21.7. The third-order valence-electron chi connectivity index (χ3n) is 4.23. The van der Waals surface area contributed by atoms with E-state index in [2.05, 4.69) is 34.8 Å². The summed E-state index contributed by atoms with van der Waals surface area (Å²) in [7, 11) is 0. The lowest BCUT2D eigenvalue weighted by atomic mass is 10.1. The maximum atomic E-state index is 12.3. The molecule has 30 heavy (non-hydrogen) atoms. The van der Waals surface area contributed by atoms with E-state index in [4.69, 9.17) is 4.74 Å². The lowest BCUT2D eigenvalue weighted by Gasteiger charge is -2.09. The number of hydrogen-bond acceptors (Lipinski definition) is 4. The van der Waals surface area contributed by atoms with Gasteiger partial charge in [0.05, 0.1) is 12.3 Å². The van der Waals surface area contributed by atoms with Crippen LogP contribution in [0, 0.1) is 0 Å². The summed E-state index contributed by atoms with van der Waals surface area (Å²) < 4.78 is 5.61. The molecular formula is C25H26N2O2S. The first-order chi connectivity index (χ1) is 14.6. The molecule has 0 radical (unpaired) electrons. The minimum atomic E-state index is -0.227. The van der Waals surface area contributed by atoms with E-state index in [1.807, 2.05) is 80.2 Å². The van der Waals surface area contributed by atoms with Crippen LogP contribution < -0.4 is 10.2 Å². The Morgan fingerprint density at radius 3 is 2.20 bits per heavy atom. The van der Waals surface area contributed by atoms with Crippen molar-refractivity contribution in [3.8, 4) is 5.75 Å². The van der Waals surface area contributed by atoms with Crippen molar-refractivity contribution in [3.05, 3.63) is 101 Å². The average Bonchev–Trinajstić information content (AvgIpc) is 2.76. The summed E-state index contributed by atoms with van der Waals surface area (Å²) in [5.41, 5.74) is 6.56. The highest BCUT2D eigenvalue weighted by Gasteiger charge is 2.04. The van der Waals surface area contributed by atoms with Gasteiger partial charge in [-0.3, -0.25) is 4.79 Å². The van der Waals surface area contributed by atoms with Gasteiger partial charge in [-0.05, 0) is 66.9 Å². The summed E-state index contributed by atoms with van der Waals surface area (Å²) in [6.07, 6.45) is 1.75. The molecule has 0 unspecified atom stereocenters. The highest BCUT2D eigenvalue weighted by molar-refractivity contribution is 7.97. The molecule has 0 spiro atoms. The number of carbonyl (C=O) groups is 1. The zero-order valence-electron chi connectivity index (χ0n) is 17.2. The largest absolute Gasteiger partial charge is 0.491 e. The van der Waals surface area contributed by atoms with Gasteiger partial charge in [0.2, 0.25) is 0 Å². The number of rotatable bonds is 9. The molecule has 1 N–H and O–H groups in total. The summed E-state index contributed by atoms with van der Waals surface area (Å²) in [5.74, 6) is 2.47. The zero-order valence-corrected chi connectivity index (χ0v) is 18.1. The fourth-order valence-electron chi connectivity index (χ4n) is 2.75. The molecule has 0 aliphatic rings. The molecule has 0 atom stereocenters. The highest BCUT2D eigenvalue weighted by Crippen LogP contribution is 2.18. The van der Waals surface area contributed by atoms with E-state index in [0.717, 1.165) is 22.8 Å². The van der Waals surface area contributed by atoms with E-state index < -0.39 is 0 Å². The second-order valence-electron chi connectivity index (χ2n) is 7.11. The molecule has 4 nitrogen and oxygen atoms in total. The van der Waals surface area contributed by atoms with Crippen LogP contribution in [0.4, 0.5) is 0 Å². The van der Waals surface area contributed by atoms with E-state index >= 15 is 0 Å². The monoisotopic (exact) mass is 418 g/mol.